The molecule has 0 saturated heterocycles. The molecule has 8 nitrogen and oxygen atoms in total. The van der Waals surface area contributed by atoms with Crippen LogP contribution in [0.3, 0.4) is 0 Å². The summed E-state index contributed by atoms with van der Waals surface area (Å²) in [5.74, 6) is -1.36. The molecule has 0 fully saturated rings. The first-order valence-electron chi connectivity index (χ1n) is 10.6. The zero-order valence-corrected chi connectivity index (χ0v) is 18.1. The molecule has 2 aromatic heterocycles. The molecule has 3 aromatic rings. The van der Waals surface area contributed by atoms with E-state index in [-0.39, 0.29) is 48.4 Å². The second-order valence-electron chi connectivity index (χ2n) is 7.49. The number of nitrogens with one attached hydrogen (secondary N) is 2. The summed E-state index contributed by atoms with van der Waals surface area (Å²) in [5.41, 5.74) is 0.447. The standard InChI is InChI=1S/C23H24F3N5O3/c24-15(11-21-19(26)2-1-8-27-21)7-9-28-22-6-5-20(30-31-22)17-10-14(3-4-18(17)25)23(34)29-12-16(33)13-32/h1-6,8,10,15-16,32-33H,7,9,11-13H2,(H,28,31)(H,29,34)/t15-,16+/m0/s1. The number of rotatable bonds is 11. The number of pyridine rings is 1. The Balaban J connectivity index is 1.56. The maximum Gasteiger partial charge on any atom is 0.251 e. The molecule has 0 unspecified atom stereocenters. The van der Waals surface area contributed by atoms with Gasteiger partial charge in [0.25, 0.3) is 5.91 Å². The maximum atomic E-state index is 14.3. The molecule has 0 saturated carbocycles. The van der Waals surface area contributed by atoms with Crippen molar-refractivity contribution < 1.29 is 28.2 Å². The van der Waals surface area contributed by atoms with Crippen molar-refractivity contribution in [3.63, 3.8) is 0 Å². The molecule has 0 aliphatic heterocycles. The largest absolute Gasteiger partial charge is 0.394 e. The molecular weight excluding hydrogens is 451 g/mol. The zero-order chi connectivity index (χ0) is 24.5. The zero-order valence-electron chi connectivity index (χ0n) is 18.1. The number of halogens is 3. The molecule has 34 heavy (non-hydrogen) atoms. The molecule has 0 radical (unpaired) electrons. The fraction of sp³-hybridized carbons (Fsp3) is 0.304. The van der Waals surface area contributed by atoms with Gasteiger partial charge >= 0.3 is 0 Å². The van der Waals surface area contributed by atoms with E-state index in [1.807, 2.05) is 0 Å². The third kappa shape index (κ3) is 6.96. The van der Waals surface area contributed by atoms with E-state index in [9.17, 15) is 23.1 Å². The Morgan fingerprint density at radius 3 is 2.62 bits per heavy atom. The van der Waals surface area contributed by atoms with Crippen LogP contribution in [0.1, 0.15) is 22.5 Å². The molecule has 2 heterocycles. The molecule has 0 aliphatic carbocycles. The predicted octanol–water partition coefficient (Wildman–Crippen LogP) is 2.28. The number of carbonyl (C=O) groups excluding carboxylic acids is 1. The van der Waals surface area contributed by atoms with Gasteiger partial charge in [0.1, 0.15) is 23.6 Å². The molecule has 1 aromatic carbocycles. The Hall–Kier alpha value is -3.57. The first-order valence-corrected chi connectivity index (χ1v) is 10.6. The van der Waals surface area contributed by atoms with Crippen molar-refractivity contribution in [3.05, 3.63) is 71.6 Å². The first-order chi connectivity index (χ1) is 16.4. The van der Waals surface area contributed by atoms with E-state index in [1.165, 1.54) is 42.6 Å². The Labute approximate surface area is 193 Å². The second kappa shape index (κ2) is 12.1. The summed E-state index contributed by atoms with van der Waals surface area (Å²) in [5, 5.41) is 31.4. The van der Waals surface area contributed by atoms with E-state index in [2.05, 4.69) is 25.8 Å². The van der Waals surface area contributed by atoms with Crippen LogP contribution in [-0.4, -0.2) is 63.3 Å². The summed E-state index contributed by atoms with van der Waals surface area (Å²) in [6, 6.07) is 9.42. The molecular formula is C23H24F3N5O3. The smallest absolute Gasteiger partial charge is 0.251 e. The highest BCUT2D eigenvalue weighted by atomic mass is 19.1. The van der Waals surface area contributed by atoms with Crippen molar-refractivity contribution in [2.45, 2.75) is 25.1 Å². The summed E-state index contributed by atoms with van der Waals surface area (Å²) in [6.45, 7) is -0.439. The van der Waals surface area contributed by atoms with Gasteiger partial charge < -0.3 is 20.8 Å². The average molecular weight is 475 g/mol. The summed E-state index contributed by atoms with van der Waals surface area (Å²) in [4.78, 5) is 16.0. The monoisotopic (exact) mass is 475 g/mol. The van der Waals surface area contributed by atoms with Gasteiger partial charge in [0.2, 0.25) is 0 Å². The van der Waals surface area contributed by atoms with Crippen LogP contribution in [-0.2, 0) is 6.42 Å². The summed E-state index contributed by atoms with van der Waals surface area (Å²) < 4.78 is 42.0. The van der Waals surface area contributed by atoms with Crippen molar-refractivity contribution in [1.82, 2.24) is 20.5 Å². The van der Waals surface area contributed by atoms with Gasteiger partial charge in [-0.1, -0.05) is 0 Å². The second-order valence-corrected chi connectivity index (χ2v) is 7.49. The molecule has 2 atom stereocenters. The van der Waals surface area contributed by atoms with Gasteiger partial charge in [0.15, 0.2) is 0 Å². The predicted molar refractivity (Wildman–Crippen MR) is 119 cm³/mol. The minimum atomic E-state index is -1.30. The van der Waals surface area contributed by atoms with E-state index in [4.69, 9.17) is 5.11 Å². The summed E-state index contributed by atoms with van der Waals surface area (Å²) in [7, 11) is 0. The number of hydrogen-bond acceptors (Lipinski definition) is 7. The van der Waals surface area contributed by atoms with Gasteiger partial charge in [-0.3, -0.25) is 9.78 Å². The number of aliphatic hydroxyl groups excluding tert-OH is 2. The summed E-state index contributed by atoms with van der Waals surface area (Å²) >= 11 is 0. The Bertz CT molecular complexity index is 1100. The summed E-state index contributed by atoms with van der Waals surface area (Å²) in [6.07, 6.45) is -1.03. The molecule has 3 rings (SSSR count). The van der Waals surface area contributed by atoms with Gasteiger partial charge in [-0.2, -0.15) is 0 Å². The highest BCUT2D eigenvalue weighted by Crippen LogP contribution is 2.22. The lowest BCUT2D eigenvalue weighted by Crippen LogP contribution is -2.33. The highest BCUT2D eigenvalue weighted by Gasteiger charge is 2.15. The molecule has 180 valence electrons. The van der Waals surface area contributed by atoms with Gasteiger partial charge in [0.05, 0.1) is 24.1 Å². The van der Waals surface area contributed by atoms with Gasteiger partial charge in [-0.15, -0.1) is 10.2 Å². The maximum absolute atomic E-state index is 14.3. The number of nitrogens with zero attached hydrogens (tertiary/aromatic N) is 3. The number of anilines is 1. The van der Waals surface area contributed by atoms with Crippen LogP contribution < -0.4 is 10.6 Å². The minimum absolute atomic E-state index is 0.0515. The van der Waals surface area contributed by atoms with Crippen molar-refractivity contribution in [1.29, 1.82) is 0 Å². The van der Waals surface area contributed by atoms with E-state index in [0.717, 1.165) is 6.07 Å². The number of aliphatic hydroxyl groups is 2. The Kier molecular flexibility index (Phi) is 8.88. The lowest BCUT2D eigenvalue weighted by molar-refractivity contribution is 0.0802. The fourth-order valence-corrected chi connectivity index (χ4v) is 3.05. The van der Waals surface area contributed by atoms with E-state index in [0.29, 0.717) is 5.82 Å². The van der Waals surface area contributed by atoms with Crippen LogP contribution >= 0.6 is 0 Å². The molecule has 0 spiro atoms. The first kappa shape index (κ1) is 25.1. The number of amides is 1. The van der Waals surface area contributed by atoms with E-state index in [1.54, 1.807) is 0 Å². The molecule has 4 N–H and O–H groups in total. The van der Waals surface area contributed by atoms with Crippen molar-refractivity contribution in [2.75, 3.05) is 25.0 Å². The van der Waals surface area contributed by atoms with Crippen LogP contribution in [0.2, 0.25) is 0 Å². The van der Waals surface area contributed by atoms with Gasteiger partial charge in [0, 0.05) is 36.8 Å². The van der Waals surface area contributed by atoms with E-state index < -0.39 is 36.4 Å². The minimum Gasteiger partial charge on any atom is -0.394 e. The average Bonchev–Trinajstić information content (AvgIpc) is 2.84. The Morgan fingerprint density at radius 2 is 1.91 bits per heavy atom. The molecule has 11 heteroatoms. The lowest BCUT2D eigenvalue weighted by atomic mass is 10.1. The van der Waals surface area contributed by atoms with Gasteiger partial charge in [-0.25, -0.2) is 13.2 Å². The lowest BCUT2D eigenvalue weighted by Gasteiger charge is -2.11. The van der Waals surface area contributed by atoms with E-state index >= 15 is 0 Å². The Morgan fingerprint density at radius 1 is 1.09 bits per heavy atom. The molecule has 0 bridgehead atoms. The van der Waals surface area contributed by atoms with Crippen LogP contribution in [0.5, 0.6) is 0 Å². The normalized spacial score (nSPS) is 12.7. The van der Waals surface area contributed by atoms with Crippen molar-refractivity contribution in [2.24, 2.45) is 0 Å². The van der Waals surface area contributed by atoms with Crippen molar-refractivity contribution in [3.8, 4) is 11.3 Å². The highest BCUT2D eigenvalue weighted by molar-refractivity contribution is 5.95. The topological polar surface area (TPSA) is 120 Å². The number of carbonyl (C=O) groups is 1. The van der Waals surface area contributed by atoms with Crippen LogP contribution in [0.4, 0.5) is 19.0 Å². The third-order valence-corrected chi connectivity index (χ3v) is 4.89. The molecule has 1 amide bonds. The SMILES string of the molecule is O=C(NC[C@@H](O)CO)c1ccc(F)c(-c2ccc(NCC[C@H](F)Cc3ncccc3F)nn2)c1. The van der Waals surface area contributed by atoms with Crippen molar-refractivity contribution >= 4 is 11.7 Å². The van der Waals surface area contributed by atoms with Crippen LogP contribution in [0.15, 0.2) is 48.7 Å². The molecule has 0 aliphatic rings. The number of benzene rings is 1. The fourth-order valence-electron chi connectivity index (χ4n) is 3.05. The number of alkyl halides is 1. The van der Waals surface area contributed by atoms with Crippen LogP contribution in [0, 0.1) is 11.6 Å². The van der Waals surface area contributed by atoms with Crippen LogP contribution in [0.25, 0.3) is 11.3 Å². The quantitative estimate of drug-likeness (QED) is 0.336. The number of hydrogen-bond donors (Lipinski definition) is 4. The number of aromatic nitrogens is 3. The third-order valence-electron chi connectivity index (χ3n) is 4.89. The van der Waals surface area contributed by atoms with Gasteiger partial charge in [-0.05, 0) is 48.9 Å².